The van der Waals surface area contributed by atoms with Gasteiger partial charge in [-0.25, -0.2) is 0 Å². The van der Waals surface area contributed by atoms with E-state index in [0.29, 0.717) is 6.54 Å². The van der Waals surface area contributed by atoms with Crippen LogP contribution in [0.5, 0.6) is 0 Å². The maximum atomic E-state index is 12.1. The Morgan fingerprint density at radius 2 is 2.47 bits per heavy atom. The van der Waals surface area contributed by atoms with Crippen molar-refractivity contribution in [2.45, 2.75) is 25.9 Å². The number of nitrogens with zero attached hydrogens (tertiary/aromatic N) is 2. The first-order valence-corrected chi connectivity index (χ1v) is 5.42. The van der Waals surface area contributed by atoms with E-state index < -0.39 is 0 Å². The molecule has 82 valence electrons. The third-order valence-corrected chi connectivity index (χ3v) is 2.90. The van der Waals surface area contributed by atoms with Crippen LogP contribution in [0, 0.1) is 0 Å². The van der Waals surface area contributed by atoms with Crippen LogP contribution in [0.15, 0.2) is 18.3 Å². The van der Waals surface area contributed by atoms with Gasteiger partial charge < -0.3 is 15.2 Å². The van der Waals surface area contributed by atoms with E-state index >= 15 is 0 Å². The molecule has 0 spiro atoms. The van der Waals surface area contributed by atoms with Crippen molar-refractivity contribution in [3.8, 4) is 0 Å². The van der Waals surface area contributed by atoms with E-state index in [9.17, 15) is 4.79 Å². The quantitative estimate of drug-likeness (QED) is 0.775. The molecule has 1 saturated heterocycles. The monoisotopic (exact) mass is 207 g/mol. The number of likely N-dealkylation sites (tertiary alicyclic amines) is 1. The van der Waals surface area contributed by atoms with Crippen molar-refractivity contribution < 1.29 is 4.79 Å². The Morgan fingerprint density at radius 1 is 1.67 bits per heavy atom. The van der Waals surface area contributed by atoms with Crippen molar-refractivity contribution in [2.24, 2.45) is 5.73 Å². The Hall–Kier alpha value is -1.29. The second kappa shape index (κ2) is 4.06. The Morgan fingerprint density at radius 3 is 3.07 bits per heavy atom. The van der Waals surface area contributed by atoms with Crippen LogP contribution in [0.1, 0.15) is 23.8 Å². The maximum Gasteiger partial charge on any atom is 0.270 e. The van der Waals surface area contributed by atoms with Crippen molar-refractivity contribution in [3.05, 3.63) is 24.0 Å². The first-order chi connectivity index (χ1) is 7.22. The molecule has 0 radical (unpaired) electrons. The van der Waals surface area contributed by atoms with Gasteiger partial charge in [0.1, 0.15) is 5.69 Å². The highest BCUT2D eigenvalue weighted by atomic mass is 16.2. The van der Waals surface area contributed by atoms with Crippen LogP contribution < -0.4 is 5.73 Å². The zero-order valence-corrected chi connectivity index (χ0v) is 9.02. The number of aromatic nitrogens is 1. The predicted molar refractivity (Wildman–Crippen MR) is 58.6 cm³/mol. The van der Waals surface area contributed by atoms with Crippen LogP contribution in [0.3, 0.4) is 0 Å². The minimum absolute atomic E-state index is 0.106. The van der Waals surface area contributed by atoms with Gasteiger partial charge in [0, 0.05) is 31.9 Å². The van der Waals surface area contributed by atoms with Crippen molar-refractivity contribution in [1.82, 2.24) is 9.47 Å². The predicted octanol–water partition coefficient (Wildman–Crippen LogP) is 0.681. The Labute approximate surface area is 89.7 Å². The lowest BCUT2D eigenvalue weighted by Gasteiger charge is -2.16. The first-order valence-electron chi connectivity index (χ1n) is 5.42. The lowest BCUT2D eigenvalue weighted by Crippen LogP contribution is -2.33. The van der Waals surface area contributed by atoms with Crippen LogP contribution >= 0.6 is 0 Å². The number of carbonyl (C=O) groups is 1. The molecular weight excluding hydrogens is 190 g/mol. The zero-order valence-electron chi connectivity index (χ0n) is 9.02. The molecule has 15 heavy (non-hydrogen) atoms. The zero-order chi connectivity index (χ0) is 10.8. The smallest absolute Gasteiger partial charge is 0.270 e. The molecule has 1 amide bonds. The number of rotatable bonds is 2. The summed E-state index contributed by atoms with van der Waals surface area (Å²) in [6.07, 6.45) is 2.85. The Kier molecular flexibility index (Phi) is 2.77. The van der Waals surface area contributed by atoms with Gasteiger partial charge in [-0.05, 0) is 25.5 Å². The van der Waals surface area contributed by atoms with Gasteiger partial charge >= 0.3 is 0 Å². The summed E-state index contributed by atoms with van der Waals surface area (Å²) in [5.74, 6) is 0.106. The Balaban J connectivity index is 2.14. The molecule has 2 N–H and O–H groups in total. The minimum Gasteiger partial charge on any atom is -0.344 e. The van der Waals surface area contributed by atoms with Gasteiger partial charge in [0.05, 0.1) is 0 Å². The van der Waals surface area contributed by atoms with E-state index in [4.69, 9.17) is 5.73 Å². The summed E-state index contributed by atoms with van der Waals surface area (Å²) in [4.78, 5) is 13.9. The summed E-state index contributed by atoms with van der Waals surface area (Å²) >= 11 is 0. The molecule has 4 heteroatoms. The summed E-state index contributed by atoms with van der Waals surface area (Å²) in [5, 5.41) is 0. The van der Waals surface area contributed by atoms with Crippen LogP contribution in [-0.4, -0.2) is 34.5 Å². The molecule has 0 aromatic carbocycles. The highest BCUT2D eigenvalue weighted by Gasteiger charge is 2.25. The standard InChI is InChI=1S/C11H17N3O/c1-2-13-6-3-4-10(13)11(15)14-7-5-9(12)8-14/h3-4,6,9H,2,5,7-8,12H2,1H3. The SMILES string of the molecule is CCn1cccc1C(=O)N1CCC(N)C1. The number of hydrogen-bond acceptors (Lipinski definition) is 2. The van der Waals surface area contributed by atoms with E-state index in [0.717, 1.165) is 25.2 Å². The second-order valence-electron chi connectivity index (χ2n) is 3.98. The van der Waals surface area contributed by atoms with Gasteiger partial charge in [0.15, 0.2) is 0 Å². The van der Waals surface area contributed by atoms with Crippen LogP contribution in [-0.2, 0) is 6.54 Å². The highest BCUT2D eigenvalue weighted by Crippen LogP contribution is 2.13. The highest BCUT2D eigenvalue weighted by molar-refractivity contribution is 5.93. The molecule has 0 aliphatic carbocycles. The fourth-order valence-electron chi connectivity index (χ4n) is 2.02. The summed E-state index contributed by atoms with van der Waals surface area (Å²) in [5.41, 5.74) is 6.56. The first kappa shape index (κ1) is 10.2. The van der Waals surface area contributed by atoms with E-state index in [2.05, 4.69) is 0 Å². The molecule has 4 nitrogen and oxygen atoms in total. The van der Waals surface area contributed by atoms with E-state index in [1.54, 1.807) is 0 Å². The van der Waals surface area contributed by atoms with Crippen LogP contribution in [0.4, 0.5) is 0 Å². The molecule has 1 aliphatic heterocycles. The summed E-state index contributed by atoms with van der Waals surface area (Å²) in [6.45, 7) is 4.34. The minimum atomic E-state index is 0.106. The van der Waals surface area contributed by atoms with Crippen molar-refractivity contribution in [2.75, 3.05) is 13.1 Å². The van der Waals surface area contributed by atoms with Gasteiger partial charge in [0.2, 0.25) is 0 Å². The molecule has 2 heterocycles. The average molecular weight is 207 g/mol. The molecule has 1 aromatic heterocycles. The largest absolute Gasteiger partial charge is 0.344 e. The van der Waals surface area contributed by atoms with Crippen molar-refractivity contribution >= 4 is 5.91 Å². The lowest BCUT2D eigenvalue weighted by molar-refractivity contribution is 0.0780. The third kappa shape index (κ3) is 1.90. The number of nitrogens with two attached hydrogens (primary N) is 1. The molecule has 1 aromatic rings. The molecular formula is C11H17N3O. The normalized spacial score (nSPS) is 20.9. The summed E-state index contributed by atoms with van der Waals surface area (Å²) < 4.78 is 1.96. The maximum absolute atomic E-state index is 12.1. The second-order valence-corrected chi connectivity index (χ2v) is 3.98. The van der Waals surface area contributed by atoms with E-state index in [1.165, 1.54) is 0 Å². The number of hydrogen-bond donors (Lipinski definition) is 1. The van der Waals surface area contributed by atoms with Gasteiger partial charge in [-0.15, -0.1) is 0 Å². The molecule has 1 aliphatic rings. The van der Waals surface area contributed by atoms with Gasteiger partial charge in [-0.2, -0.15) is 0 Å². The fraction of sp³-hybridized carbons (Fsp3) is 0.545. The van der Waals surface area contributed by atoms with Crippen molar-refractivity contribution in [1.29, 1.82) is 0 Å². The van der Waals surface area contributed by atoms with Gasteiger partial charge in [0.25, 0.3) is 5.91 Å². The molecule has 1 atom stereocenters. The third-order valence-electron chi connectivity index (χ3n) is 2.90. The van der Waals surface area contributed by atoms with E-state index in [1.807, 2.05) is 34.7 Å². The van der Waals surface area contributed by atoms with E-state index in [-0.39, 0.29) is 11.9 Å². The molecule has 2 rings (SSSR count). The number of aryl methyl sites for hydroxylation is 1. The lowest BCUT2D eigenvalue weighted by atomic mass is 10.3. The molecule has 1 fully saturated rings. The number of carbonyl (C=O) groups excluding carboxylic acids is 1. The number of amides is 1. The molecule has 1 unspecified atom stereocenters. The van der Waals surface area contributed by atoms with Gasteiger partial charge in [-0.3, -0.25) is 4.79 Å². The van der Waals surface area contributed by atoms with Crippen molar-refractivity contribution in [3.63, 3.8) is 0 Å². The topological polar surface area (TPSA) is 51.3 Å². The van der Waals surface area contributed by atoms with Gasteiger partial charge in [-0.1, -0.05) is 0 Å². The molecule has 0 saturated carbocycles. The Bertz CT molecular complexity index is 358. The fourth-order valence-corrected chi connectivity index (χ4v) is 2.02. The van der Waals surface area contributed by atoms with Crippen LogP contribution in [0.25, 0.3) is 0 Å². The summed E-state index contributed by atoms with van der Waals surface area (Å²) in [7, 11) is 0. The van der Waals surface area contributed by atoms with Crippen LogP contribution in [0.2, 0.25) is 0 Å². The molecule has 0 bridgehead atoms. The summed E-state index contributed by atoms with van der Waals surface area (Å²) in [6, 6.07) is 3.93. The average Bonchev–Trinajstić information content (AvgIpc) is 2.84.